The predicted molar refractivity (Wildman–Crippen MR) is 61.6 cm³/mol. The molecule has 1 atom stereocenters. The molecule has 0 aliphatic heterocycles. The van der Waals surface area contributed by atoms with Crippen molar-refractivity contribution in [1.29, 1.82) is 0 Å². The number of aliphatic hydroxyl groups is 1. The molecule has 0 amide bonds. The summed E-state index contributed by atoms with van der Waals surface area (Å²) >= 11 is 0. The second-order valence-electron chi connectivity index (χ2n) is 4.11. The monoisotopic (exact) mass is 252 g/mol. The minimum Gasteiger partial charge on any atom is -0.384 e. The van der Waals surface area contributed by atoms with E-state index in [0.29, 0.717) is 17.2 Å². The quantitative estimate of drug-likeness (QED) is 0.867. The molecule has 0 fully saturated rings. The minimum atomic E-state index is -1.26. The molecule has 1 N–H and O–H groups in total. The first kappa shape index (κ1) is 12.6. The molecule has 0 heterocycles. The Morgan fingerprint density at radius 3 is 2.11 bits per heavy atom. The van der Waals surface area contributed by atoms with Crippen LogP contribution >= 0.6 is 0 Å². The molecule has 0 aromatic heterocycles. The van der Waals surface area contributed by atoms with Crippen molar-refractivity contribution in [2.75, 3.05) is 0 Å². The Kier molecular flexibility index (Phi) is 3.39. The molecule has 2 rings (SSSR count). The Morgan fingerprint density at radius 1 is 0.889 bits per heavy atom. The van der Waals surface area contributed by atoms with Crippen molar-refractivity contribution >= 4 is 0 Å². The summed E-state index contributed by atoms with van der Waals surface area (Å²) < 4.78 is 39.2. The number of halogens is 3. The zero-order valence-electron chi connectivity index (χ0n) is 9.62. The van der Waals surface area contributed by atoms with Crippen LogP contribution in [-0.4, -0.2) is 5.11 Å². The van der Waals surface area contributed by atoms with E-state index in [0.717, 1.165) is 18.2 Å². The lowest BCUT2D eigenvalue weighted by atomic mass is 9.97. The highest BCUT2D eigenvalue weighted by Gasteiger charge is 2.15. The van der Waals surface area contributed by atoms with Crippen molar-refractivity contribution in [3.05, 3.63) is 70.5 Å². The van der Waals surface area contributed by atoms with E-state index < -0.39 is 23.6 Å². The van der Waals surface area contributed by atoms with Crippen LogP contribution in [0, 0.1) is 24.4 Å². The predicted octanol–water partition coefficient (Wildman–Crippen LogP) is 3.49. The van der Waals surface area contributed by atoms with Crippen LogP contribution in [0.2, 0.25) is 0 Å². The zero-order chi connectivity index (χ0) is 13.3. The normalized spacial score (nSPS) is 12.5. The van der Waals surface area contributed by atoms with E-state index in [2.05, 4.69) is 0 Å². The van der Waals surface area contributed by atoms with Gasteiger partial charge in [-0.2, -0.15) is 0 Å². The first-order valence-corrected chi connectivity index (χ1v) is 5.37. The fourth-order valence-electron chi connectivity index (χ4n) is 1.82. The van der Waals surface area contributed by atoms with Crippen molar-refractivity contribution < 1.29 is 18.3 Å². The third-order valence-corrected chi connectivity index (χ3v) is 2.74. The Hall–Kier alpha value is -1.81. The molecule has 0 aliphatic rings. The lowest BCUT2D eigenvalue weighted by Gasteiger charge is -2.14. The molecule has 4 heteroatoms. The summed E-state index contributed by atoms with van der Waals surface area (Å²) in [5.74, 6) is -2.07. The molecule has 2 aromatic carbocycles. The number of rotatable bonds is 2. The molecule has 1 unspecified atom stereocenters. The summed E-state index contributed by atoms with van der Waals surface area (Å²) in [5.41, 5.74) is 0.995. The zero-order valence-corrected chi connectivity index (χ0v) is 9.62. The summed E-state index contributed by atoms with van der Waals surface area (Å²) in [6.07, 6.45) is -1.26. The average Bonchev–Trinajstić information content (AvgIpc) is 2.30. The Balaban J connectivity index is 2.47. The molecule has 0 saturated heterocycles. The van der Waals surface area contributed by atoms with Crippen molar-refractivity contribution in [3.8, 4) is 0 Å². The smallest absolute Gasteiger partial charge is 0.126 e. The van der Waals surface area contributed by atoms with Crippen molar-refractivity contribution in [3.63, 3.8) is 0 Å². The molecule has 0 bridgehead atoms. The van der Waals surface area contributed by atoms with E-state index in [1.807, 2.05) is 0 Å². The van der Waals surface area contributed by atoms with Gasteiger partial charge in [-0.05, 0) is 47.9 Å². The van der Waals surface area contributed by atoms with E-state index in [1.54, 1.807) is 6.92 Å². The second kappa shape index (κ2) is 4.82. The van der Waals surface area contributed by atoms with Gasteiger partial charge in [-0.1, -0.05) is 6.07 Å². The summed E-state index contributed by atoms with van der Waals surface area (Å²) in [6.45, 7) is 1.69. The SMILES string of the molecule is Cc1ccc(F)cc1C(O)c1cc(F)cc(F)c1. The summed E-state index contributed by atoms with van der Waals surface area (Å²) in [4.78, 5) is 0. The van der Waals surface area contributed by atoms with Crippen LogP contribution in [0.3, 0.4) is 0 Å². The molecule has 0 aliphatic carbocycles. The lowest BCUT2D eigenvalue weighted by Crippen LogP contribution is -2.04. The highest BCUT2D eigenvalue weighted by molar-refractivity contribution is 5.35. The van der Waals surface area contributed by atoms with Gasteiger partial charge in [-0.3, -0.25) is 0 Å². The first-order valence-electron chi connectivity index (χ1n) is 5.37. The summed E-state index contributed by atoms with van der Waals surface area (Å²) in [7, 11) is 0. The highest BCUT2D eigenvalue weighted by atomic mass is 19.1. The molecule has 94 valence electrons. The van der Waals surface area contributed by atoms with Gasteiger partial charge in [-0.15, -0.1) is 0 Å². The summed E-state index contributed by atoms with van der Waals surface area (Å²) in [6, 6.07) is 6.69. The van der Waals surface area contributed by atoms with Gasteiger partial charge in [-0.25, -0.2) is 13.2 Å². The van der Waals surface area contributed by atoms with Gasteiger partial charge in [0.1, 0.15) is 23.6 Å². The maximum Gasteiger partial charge on any atom is 0.126 e. The number of aliphatic hydroxyl groups excluding tert-OH is 1. The van der Waals surface area contributed by atoms with Crippen LogP contribution in [0.15, 0.2) is 36.4 Å². The molecule has 18 heavy (non-hydrogen) atoms. The first-order chi connectivity index (χ1) is 8.47. The number of hydrogen-bond donors (Lipinski definition) is 1. The van der Waals surface area contributed by atoms with E-state index in [9.17, 15) is 18.3 Å². The van der Waals surface area contributed by atoms with Gasteiger partial charge in [0.2, 0.25) is 0 Å². The number of aryl methyl sites for hydroxylation is 1. The Morgan fingerprint density at radius 2 is 1.50 bits per heavy atom. The van der Waals surface area contributed by atoms with Crippen molar-refractivity contribution in [2.45, 2.75) is 13.0 Å². The summed E-state index contributed by atoms with van der Waals surface area (Å²) in [5, 5.41) is 10.0. The van der Waals surface area contributed by atoms with Crippen LogP contribution < -0.4 is 0 Å². The van der Waals surface area contributed by atoms with Gasteiger partial charge in [0.05, 0.1) is 0 Å². The van der Waals surface area contributed by atoms with E-state index in [1.165, 1.54) is 12.1 Å². The fraction of sp³-hybridized carbons (Fsp3) is 0.143. The second-order valence-corrected chi connectivity index (χ2v) is 4.11. The van der Waals surface area contributed by atoms with Crippen LogP contribution in [0.4, 0.5) is 13.2 Å². The topological polar surface area (TPSA) is 20.2 Å². The standard InChI is InChI=1S/C14H11F3O/c1-8-2-3-10(15)7-13(8)14(18)9-4-11(16)6-12(17)5-9/h2-7,14,18H,1H3. The van der Waals surface area contributed by atoms with Crippen molar-refractivity contribution in [2.24, 2.45) is 0 Å². The van der Waals surface area contributed by atoms with Crippen molar-refractivity contribution in [1.82, 2.24) is 0 Å². The van der Waals surface area contributed by atoms with Gasteiger partial charge < -0.3 is 5.11 Å². The molecule has 2 aromatic rings. The molecular weight excluding hydrogens is 241 g/mol. The van der Waals surface area contributed by atoms with Gasteiger partial charge in [0.15, 0.2) is 0 Å². The largest absolute Gasteiger partial charge is 0.384 e. The number of hydrogen-bond acceptors (Lipinski definition) is 1. The Bertz CT molecular complexity index is 561. The molecular formula is C14H11F3O. The fourth-order valence-corrected chi connectivity index (χ4v) is 1.82. The van der Waals surface area contributed by atoms with E-state index in [-0.39, 0.29) is 5.56 Å². The van der Waals surface area contributed by atoms with Gasteiger partial charge in [0, 0.05) is 6.07 Å². The third-order valence-electron chi connectivity index (χ3n) is 2.74. The van der Waals surface area contributed by atoms with E-state index in [4.69, 9.17) is 0 Å². The van der Waals surface area contributed by atoms with Crippen LogP contribution in [0.1, 0.15) is 22.8 Å². The third kappa shape index (κ3) is 2.54. The number of benzene rings is 2. The lowest BCUT2D eigenvalue weighted by molar-refractivity contribution is 0.218. The van der Waals surface area contributed by atoms with Crippen LogP contribution in [-0.2, 0) is 0 Å². The highest BCUT2D eigenvalue weighted by Crippen LogP contribution is 2.26. The maximum absolute atomic E-state index is 13.1. The average molecular weight is 252 g/mol. The minimum absolute atomic E-state index is 0.0567. The maximum atomic E-state index is 13.1. The van der Waals surface area contributed by atoms with Gasteiger partial charge >= 0.3 is 0 Å². The molecule has 1 nitrogen and oxygen atoms in total. The Labute approximate surface area is 103 Å². The molecule has 0 radical (unpaired) electrons. The van der Waals surface area contributed by atoms with Crippen LogP contribution in [0.25, 0.3) is 0 Å². The van der Waals surface area contributed by atoms with E-state index >= 15 is 0 Å². The molecule has 0 saturated carbocycles. The van der Waals surface area contributed by atoms with Gasteiger partial charge in [0.25, 0.3) is 0 Å². The van der Waals surface area contributed by atoms with Crippen LogP contribution in [0.5, 0.6) is 0 Å². The molecule has 0 spiro atoms.